The summed E-state index contributed by atoms with van der Waals surface area (Å²) in [6.07, 6.45) is 92.5. The molecule has 0 rings (SSSR count). The van der Waals surface area contributed by atoms with Crippen molar-refractivity contribution in [3.63, 3.8) is 0 Å². The van der Waals surface area contributed by atoms with E-state index in [1.54, 1.807) is 0 Å². The van der Waals surface area contributed by atoms with Crippen LogP contribution in [0, 0.1) is 0 Å². The van der Waals surface area contributed by atoms with Crippen molar-refractivity contribution in [2.75, 3.05) is 13.2 Å². The lowest BCUT2D eigenvalue weighted by Crippen LogP contribution is -2.30. The molecule has 0 amide bonds. The van der Waals surface area contributed by atoms with Crippen molar-refractivity contribution in [1.29, 1.82) is 0 Å². The monoisotopic (exact) mass is 1150 g/mol. The summed E-state index contributed by atoms with van der Waals surface area (Å²) in [7, 11) is 0. The molecule has 476 valence electrons. The summed E-state index contributed by atoms with van der Waals surface area (Å²) < 4.78 is 16.9. The zero-order valence-electron chi connectivity index (χ0n) is 54.8. The lowest BCUT2D eigenvalue weighted by molar-refractivity contribution is -0.167. The Morgan fingerprint density at radius 1 is 0.256 bits per heavy atom. The van der Waals surface area contributed by atoms with Gasteiger partial charge in [-0.05, 0) is 70.6 Å². The van der Waals surface area contributed by atoms with Gasteiger partial charge in [0.05, 0.1) is 0 Å². The summed E-state index contributed by atoms with van der Waals surface area (Å²) in [5, 5.41) is 0. The number of unbranched alkanes of at least 4 members (excludes halogenated alkanes) is 43. The van der Waals surface area contributed by atoms with Crippen molar-refractivity contribution in [3.05, 3.63) is 72.9 Å². The van der Waals surface area contributed by atoms with Crippen LogP contribution in [0.2, 0.25) is 0 Å². The summed E-state index contributed by atoms with van der Waals surface area (Å²) in [5.41, 5.74) is 0. The molecule has 0 saturated heterocycles. The average molecular weight is 1150 g/mol. The van der Waals surface area contributed by atoms with Gasteiger partial charge in [0.1, 0.15) is 13.2 Å². The Balaban J connectivity index is 4.09. The molecule has 0 fully saturated rings. The van der Waals surface area contributed by atoms with Gasteiger partial charge >= 0.3 is 17.9 Å². The van der Waals surface area contributed by atoms with E-state index in [2.05, 4.69) is 93.7 Å². The first-order chi connectivity index (χ1) is 40.5. The fourth-order valence-electron chi connectivity index (χ4n) is 10.6. The maximum atomic E-state index is 12.9. The summed E-state index contributed by atoms with van der Waals surface area (Å²) >= 11 is 0. The SMILES string of the molecule is CC/C=C\C/C=C\C/C=C\C/C=C\C/C=C\C/C=C\CCCCCCCCC(=O)OC(COC(=O)CCCCCCCCCC)COC(=O)CCCCCCCCCCCCCCCCCCCCCCCCCCCCCCCCC. The zero-order chi connectivity index (χ0) is 59.2. The van der Waals surface area contributed by atoms with Gasteiger partial charge in [-0.3, -0.25) is 14.4 Å². The highest BCUT2D eigenvalue weighted by atomic mass is 16.6. The third kappa shape index (κ3) is 67.6. The second kappa shape index (κ2) is 70.3. The molecule has 0 aromatic heterocycles. The number of allylic oxidation sites excluding steroid dienone is 12. The third-order valence-electron chi connectivity index (χ3n) is 16.0. The quantitative estimate of drug-likeness (QED) is 0.0261. The van der Waals surface area contributed by atoms with Gasteiger partial charge in [-0.2, -0.15) is 0 Å². The number of carbonyl (C=O) groups excluding carboxylic acids is 3. The minimum Gasteiger partial charge on any atom is -0.462 e. The molecule has 0 aromatic carbocycles. The Labute approximate surface area is 510 Å². The van der Waals surface area contributed by atoms with Crippen LogP contribution in [-0.4, -0.2) is 37.2 Å². The van der Waals surface area contributed by atoms with Crippen molar-refractivity contribution < 1.29 is 28.6 Å². The predicted molar refractivity (Wildman–Crippen MR) is 358 cm³/mol. The van der Waals surface area contributed by atoms with Crippen LogP contribution in [0.25, 0.3) is 0 Å². The first kappa shape index (κ1) is 78.8. The summed E-state index contributed by atoms with van der Waals surface area (Å²) in [5.74, 6) is -0.878. The van der Waals surface area contributed by atoms with Crippen molar-refractivity contribution in [1.82, 2.24) is 0 Å². The van der Waals surface area contributed by atoms with Crippen LogP contribution >= 0.6 is 0 Å². The molecule has 6 nitrogen and oxygen atoms in total. The van der Waals surface area contributed by atoms with E-state index in [1.807, 2.05) is 0 Å². The molecular weight excluding hydrogens is 1010 g/mol. The molecule has 0 aliphatic rings. The van der Waals surface area contributed by atoms with Crippen LogP contribution in [0.1, 0.15) is 374 Å². The minimum absolute atomic E-state index is 0.0774. The minimum atomic E-state index is -0.781. The molecule has 0 radical (unpaired) electrons. The summed E-state index contributed by atoms with van der Waals surface area (Å²) in [6.45, 7) is 6.54. The van der Waals surface area contributed by atoms with Gasteiger partial charge < -0.3 is 14.2 Å². The van der Waals surface area contributed by atoms with Gasteiger partial charge in [-0.25, -0.2) is 0 Å². The highest BCUT2D eigenvalue weighted by Crippen LogP contribution is 2.18. The lowest BCUT2D eigenvalue weighted by atomic mass is 10.0. The van der Waals surface area contributed by atoms with E-state index in [1.165, 1.54) is 225 Å². The number of hydrogen-bond donors (Lipinski definition) is 0. The number of esters is 3. The van der Waals surface area contributed by atoms with Crippen LogP contribution < -0.4 is 0 Å². The fourth-order valence-corrected chi connectivity index (χ4v) is 10.6. The van der Waals surface area contributed by atoms with Gasteiger partial charge in [0.15, 0.2) is 6.10 Å². The number of rotatable bonds is 66. The molecule has 0 bridgehead atoms. The molecule has 0 aliphatic heterocycles. The molecule has 0 heterocycles. The van der Waals surface area contributed by atoms with E-state index in [9.17, 15) is 14.4 Å². The summed E-state index contributed by atoms with van der Waals surface area (Å²) in [4.78, 5) is 38.2. The van der Waals surface area contributed by atoms with E-state index < -0.39 is 6.10 Å². The molecule has 0 spiro atoms. The molecule has 82 heavy (non-hydrogen) atoms. The van der Waals surface area contributed by atoms with E-state index in [0.717, 1.165) is 109 Å². The maximum absolute atomic E-state index is 12.9. The maximum Gasteiger partial charge on any atom is 0.306 e. The van der Waals surface area contributed by atoms with Gasteiger partial charge in [-0.1, -0.05) is 357 Å². The van der Waals surface area contributed by atoms with Gasteiger partial charge in [0.25, 0.3) is 0 Å². The van der Waals surface area contributed by atoms with Gasteiger partial charge in [0, 0.05) is 19.3 Å². The number of ether oxygens (including phenoxy) is 3. The second-order valence-electron chi connectivity index (χ2n) is 24.1. The number of hydrogen-bond acceptors (Lipinski definition) is 6. The molecule has 1 atom stereocenters. The van der Waals surface area contributed by atoms with Crippen LogP contribution in [-0.2, 0) is 28.6 Å². The van der Waals surface area contributed by atoms with Crippen LogP contribution in [0.15, 0.2) is 72.9 Å². The van der Waals surface area contributed by atoms with Crippen LogP contribution in [0.3, 0.4) is 0 Å². The molecule has 0 aromatic rings. The second-order valence-corrected chi connectivity index (χ2v) is 24.1. The largest absolute Gasteiger partial charge is 0.462 e. The Kier molecular flexibility index (Phi) is 67.6. The van der Waals surface area contributed by atoms with Crippen LogP contribution in [0.4, 0.5) is 0 Å². The highest BCUT2D eigenvalue weighted by molar-refractivity contribution is 5.71. The standard InChI is InChI=1S/C76H136O6/c1-4-7-10-13-16-19-21-23-25-27-29-31-33-35-36-37-38-39-40-42-43-45-47-49-51-53-55-57-60-63-66-69-75(78)81-72-73(71-80-74(77)68-65-62-59-18-15-12-9-6-3)82-76(79)70-67-64-61-58-56-54-52-50-48-46-44-41-34-32-30-28-26-24-22-20-17-14-11-8-5-2/h8,11,17,20,24,26,30,32,41,44,48,50,73H,4-7,9-10,12-16,18-19,21-23,25,27-29,31,33-40,42-43,45-47,49,51-72H2,1-3H3/b11-8-,20-17-,26-24-,32-30-,44-41-,50-48-. The lowest BCUT2D eigenvalue weighted by Gasteiger charge is -2.18. The van der Waals surface area contributed by atoms with Crippen molar-refractivity contribution in [3.8, 4) is 0 Å². The fraction of sp³-hybridized carbons (Fsp3) is 0.803. The van der Waals surface area contributed by atoms with Crippen molar-refractivity contribution in [2.24, 2.45) is 0 Å². The van der Waals surface area contributed by atoms with Crippen molar-refractivity contribution in [2.45, 2.75) is 380 Å². The normalized spacial score (nSPS) is 12.5. The molecule has 0 N–H and O–H groups in total. The zero-order valence-corrected chi connectivity index (χ0v) is 54.8. The molecule has 6 heteroatoms. The topological polar surface area (TPSA) is 78.9 Å². The molecule has 0 aliphatic carbocycles. The Morgan fingerprint density at radius 3 is 0.744 bits per heavy atom. The van der Waals surface area contributed by atoms with E-state index in [4.69, 9.17) is 14.2 Å². The Bertz CT molecular complexity index is 1500. The third-order valence-corrected chi connectivity index (χ3v) is 16.0. The molecule has 0 saturated carbocycles. The first-order valence-corrected chi connectivity index (χ1v) is 35.9. The predicted octanol–water partition coefficient (Wildman–Crippen LogP) is 24.8. The number of carbonyl (C=O) groups is 3. The van der Waals surface area contributed by atoms with E-state index in [-0.39, 0.29) is 31.1 Å². The van der Waals surface area contributed by atoms with E-state index >= 15 is 0 Å². The highest BCUT2D eigenvalue weighted by Gasteiger charge is 2.19. The van der Waals surface area contributed by atoms with Crippen molar-refractivity contribution >= 4 is 17.9 Å². The first-order valence-electron chi connectivity index (χ1n) is 35.9. The molecule has 1 unspecified atom stereocenters. The smallest absolute Gasteiger partial charge is 0.306 e. The van der Waals surface area contributed by atoms with Gasteiger partial charge in [-0.15, -0.1) is 0 Å². The Hall–Kier alpha value is -3.15. The van der Waals surface area contributed by atoms with Gasteiger partial charge in [0.2, 0.25) is 0 Å². The molecular formula is C76H136O6. The van der Waals surface area contributed by atoms with E-state index in [0.29, 0.717) is 19.3 Å². The average Bonchev–Trinajstić information content (AvgIpc) is 3.48. The summed E-state index contributed by atoms with van der Waals surface area (Å²) in [6, 6.07) is 0. The van der Waals surface area contributed by atoms with Crippen LogP contribution in [0.5, 0.6) is 0 Å². The Morgan fingerprint density at radius 2 is 0.476 bits per heavy atom.